The predicted octanol–water partition coefficient (Wildman–Crippen LogP) is 2.14. The molecule has 0 aliphatic rings. The summed E-state index contributed by atoms with van der Waals surface area (Å²) in [7, 11) is 3.82. The van der Waals surface area contributed by atoms with Gasteiger partial charge in [-0.2, -0.15) is 0 Å². The second-order valence-electron chi connectivity index (χ2n) is 4.61. The highest BCUT2D eigenvalue weighted by Crippen LogP contribution is 2.25. The Morgan fingerprint density at radius 3 is 2.83 bits per heavy atom. The Bertz CT molecular complexity index is 557. The molecule has 0 spiro atoms. The van der Waals surface area contributed by atoms with Crippen LogP contribution in [0.5, 0.6) is 5.75 Å². The van der Waals surface area contributed by atoms with Crippen molar-refractivity contribution in [3.63, 3.8) is 0 Å². The first-order valence-corrected chi connectivity index (χ1v) is 6.02. The summed E-state index contributed by atoms with van der Waals surface area (Å²) in [5.74, 6) is 0.712. The molecule has 2 aromatic rings. The van der Waals surface area contributed by atoms with E-state index in [0.717, 1.165) is 10.8 Å². The zero-order chi connectivity index (χ0) is 13.8. The Hall–Kier alpha value is -1.58. The van der Waals surface area contributed by atoms with E-state index in [2.05, 4.69) is 0 Å². The number of fused-ring (bicyclic) bond motifs is 1. The first-order chi connectivity index (χ1) is 9.08. The Morgan fingerprint density at radius 2 is 2.06 bits per heavy atom. The molecule has 0 amide bonds. The lowest BCUT2D eigenvalue weighted by molar-refractivity contribution is 0.0838. The zero-order valence-electron chi connectivity index (χ0n) is 11.8. The molecular formula is C15H19NO2. The minimum absolute atomic E-state index is 0.250. The molecule has 0 saturated carbocycles. The van der Waals surface area contributed by atoms with Crippen molar-refractivity contribution in [2.75, 3.05) is 27.2 Å². The Morgan fingerprint density at radius 1 is 1.28 bits per heavy atom. The number of nitrogens with zero attached hydrogens (tertiary/aromatic N) is 1. The summed E-state index contributed by atoms with van der Waals surface area (Å²) in [5, 5.41) is 11.6. The summed E-state index contributed by atoms with van der Waals surface area (Å²) in [4.78, 5) is 1.92. The average Bonchev–Trinajstić information content (AvgIpc) is 2.37. The number of hydrogen-bond acceptors (Lipinski definition) is 3. The van der Waals surface area contributed by atoms with E-state index in [1.165, 1.54) is 0 Å². The fourth-order valence-electron chi connectivity index (χ4n) is 1.91. The number of rotatable bonds is 5. The second kappa shape index (κ2) is 5.85. The molecule has 0 aliphatic heterocycles. The van der Waals surface area contributed by atoms with Crippen molar-refractivity contribution >= 4 is 10.8 Å². The van der Waals surface area contributed by atoms with Crippen molar-refractivity contribution in [2.45, 2.75) is 6.10 Å². The predicted molar refractivity (Wildman–Crippen MR) is 74.0 cm³/mol. The van der Waals surface area contributed by atoms with E-state index in [0.29, 0.717) is 18.3 Å². The highest BCUT2D eigenvalue weighted by atomic mass is 16.5. The third-order valence-corrected chi connectivity index (χ3v) is 2.67. The lowest BCUT2D eigenvalue weighted by Gasteiger charge is -2.17. The van der Waals surface area contributed by atoms with Gasteiger partial charge in [0.2, 0.25) is 0 Å². The molecule has 1 atom stereocenters. The summed E-state index contributed by atoms with van der Waals surface area (Å²) in [6, 6.07) is 11.7. The molecule has 0 saturated heterocycles. The van der Waals surface area contributed by atoms with Gasteiger partial charge in [-0.15, -0.1) is 0 Å². The maximum Gasteiger partial charge on any atom is 0.127 e. The van der Waals surface area contributed by atoms with Crippen molar-refractivity contribution < 1.29 is 11.2 Å². The van der Waals surface area contributed by atoms with E-state index >= 15 is 0 Å². The lowest BCUT2D eigenvalue weighted by atomic mass is 10.1. The van der Waals surface area contributed by atoms with Crippen LogP contribution in [0.4, 0.5) is 0 Å². The van der Waals surface area contributed by atoms with Gasteiger partial charge in [-0.1, -0.05) is 36.4 Å². The first kappa shape index (κ1) is 11.5. The molecule has 0 fully saturated rings. The highest BCUT2D eigenvalue weighted by Gasteiger charge is 2.08. The molecule has 0 bridgehead atoms. The average molecular weight is 247 g/mol. The van der Waals surface area contributed by atoms with E-state index in [4.69, 9.17) is 6.11 Å². The molecule has 96 valence electrons. The van der Waals surface area contributed by atoms with E-state index in [1.54, 1.807) is 12.1 Å². The largest absolute Gasteiger partial charge is 0.490 e. The van der Waals surface area contributed by atoms with Gasteiger partial charge >= 0.3 is 0 Å². The molecule has 3 nitrogen and oxygen atoms in total. The Kier molecular flexibility index (Phi) is 3.74. The third-order valence-electron chi connectivity index (χ3n) is 2.67. The van der Waals surface area contributed by atoms with Crippen LogP contribution in [0.3, 0.4) is 0 Å². The topological polar surface area (TPSA) is 32.7 Å². The van der Waals surface area contributed by atoms with Gasteiger partial charge in [-0.05, 0) is 25.5 Å². The summed E-state index contributed by atoms with van der Waals surface area (Å²) in [5.41, 5.74) is 0. The maximum absolute atomic E-state index is 9.80. The van der Waals surface area contributed by atoms with Gasteiger partial charge in [0.05, 0.1) is 1.37 Å². The Labute approximate surface area is 109 Å². The molecule has 18 heavy (non-hydrogen) atoms. The van der Waals surface area contributed by atoms with Crippen molar-refractivity contribution in [3.05, 3.63) is 42.4 Å². The maximum atomic E-state index is 9.80. The molecule has 0 heterocycles. The van der Waals surface area contributed by atoms with E-state index < -0.39 is 6.10 Å². The molecule has 0 radical (unpaired) electrons. The van der Waals surface area contributed by atoms with Gasteiger partial charge in [-0.25, -0.2) is 0 Å². The highest BCUT2D eigenvalue weighted by molar-refractivity contribution is 5.88. The van der Waals surface area contributed by atoms with E-state index in [-0.39, 0.29) is 6.61 Å². The van der Waals surface area contributed by atoms with E-state index in [9.17, 15) is 5.11 Å². The van der Waals surface area contributed by atoms with Crippen LogP contribution in [-0.4, -0.2) is 43.4 Å². The number of aliphatic hydroxyl groups excluding tert-OH is 1. The van der Waals surface area contributed by atoms with Gasteiger partial charge in [0.15, 0.2) is 0 Å². The van der Waals surface area contributed by atoms with Crippen LogP contribution in [0.15, 0.2) is 42.4 Å². The van der Waals surface area contributed by atoms with Gasteiger partial charge < -0.3 is 14.7 Å². The second-order valence-corrected chi connectivity index (χ2v) is 4.61. The fourth-order valence-corrected chi connectivity index (χ4v) is 1.91. The summed E-state index contributed by atoms with van der Waals surface area (Å²) in [6.45, 7) is 0.813. The van der Waals surface area contributed by atoms with Crippen molar-refractivity contribution in [3.8, 4) is 5.75 Å². The van der Waals surface area contributed by atoms with Gasteiger partial charge in [0.1, 0.15) is 18.5 Å². The number of benzene rings is 2. The number of aliphatic hydroxyl groups is 1. The summed E-state index contributed by atoms with van der Waals surface area (Å²) < 4.78 is 13.5. The molecule has 1 N–H and O–H groups in total. The standard InChI is InChI=1S/C15H19NO2/c1-16(2)10-13(17)11-18-15-9-5-7-12-6-3-4-8-14(12)15/h3-9,13,17H,10-11H2,1-2H3/i7T. The smallest absolute Gasteiger partial charge is 0.127 e. The van der Waals surface area contributed by atoms with Crippen LogP contribution in [0.25, 0.3) is 10.8 Å². The molecule has 0 aromatic heterocycles. The van der Waals surface area contributed by atoms with Crippen LogP contribution >= 0.6 is 0 Å². The first-order valence-electron chi connectivity index (χ1n) is 6.52. The molecule has 2 aromatic carbocycles. The van der Waals surface area contributed by atoms with Crippen molar-refractivity contribution in [1.29, 1.82) is 0 Å². The summed E-state index contributed by atoms with van der Waals surface area (Å²) >= 11 is 0. The number of hydrogen-bond donors (Lipinski definition) is 1. The van der Waals surface area contributed by atoms with Gasteiger partial charge in [-0.3, -0.25) is 0 Å². The lowest BCUT2D eigenvalue weighted by Crippen LogP contribution is -2.30. The zero-order valence-corrected chi connectivity index (χ0v) is 10.8. The molecule has 3 heteroatoms. The van der Waals surface area contributed by atoms with Gasteiger partial charge in [0.25, 0.3) is 0 Å². The monoisotopic (exact) mass is 247 g/mol. The minimum atomic E-state index is -0.524. The SMILES string of the molecule is [3H]c1ccc(OCC(O)CN(C)C)c2ccccc12. The fraction of sp³-hybridized carbons (Fsp3) is 0.333. The van der Waals surface area contributed by atoms with Crippen molar-refractivity contribution in [2.24, 2.45) is 0 Å². The summed E-state index contributed by atoms with van der Waals surface area (Å²) in [6.07, 6.45) is -0.524. The number of ether oxygens (including phenoxy) is 1. The molecule has 0 aliphatic carbocycles. The quantitative estimate of drug-likeness (QED) is 0.878. The van der Waals surface area contributed by atoms with Crippen LogP contribution in [0.1, 0.15) is 1.37 Å². The Balaban J connectivity index is 2.15. The molecule has 1 unspecified atom stereocenters. The van der Waals surface area contributed by atoms with Crippen LogP contribution in [0.2, 0.25) is 0 Å². The van der Waals surface area contributed by atoms with Crippen LogP contribution in [0, 0.1) is 0 Å². The van der Waals surface area contributed by atoms with Crippen LogP contribution in [-0.2, 0) is 0 Å². The third kappa shape index (κ3) is 3.22. The van der Waals surface area contributed by atoms with Crippen molar-refractivity contribution in [1.82, 2.24) is 4.90 Å². The van der Waals surface area contributed by atoms with E-state index in [1.807, 2.05) is 43.3 Å². The normalized spacial score (nSPS) is 13.7. The van der Waals surface area contributed by atoms with Crippen LogP contribution < -0.4 is 4.74 Å². The number of likely N-dealkylation sites (N-methyl/N-ethyl adjacent to an activating group) is 1. The van der Waals surface area contributed by atoms with Gasteiger partial charge in [0, 0.05) is 11.9 Å². The minimum Gasteiger partial charge on any atom is -0.490 e. The molecule has 2 rings (SSSR count). The molecular weight excluding hydrogens is 226 g/mol.